The topological polar surface area (TPSA) is 101 Å². The van der Waals surface area contributed by atoms with Gasteiger partial charge in [0.25, 0.3) is 0 Å². The molecule has 0 aromatic rings. The summed E-state index contributed by atoms with van der Waals surface area (Å²) in [6.45, 7) is 7.61. The standard InChI is InChI=1S/C25H42O6/c1-5-6-9-12-18(31-24(30)25(2,3)4)15-16-20-19(21(26)17-22(20)27)13-10-7-8-11-14-23(28)29/h15-16,18-20,22,27H,5-14,17H2,1-4H3,(H,28,29)/b16-15+/t18-,19+,20+,22+/m0/s1. The number of carboxylic acid groups (broad SMARTS) is 1. The molecule has 0 amide bonds. The van der Waals surface area contributed by atoms with E-state index in [-0.39, 0.29) is 42.5 Å². The Morgan fingerprint density at radius 2 is 1.81 bits per heavy atom. The number of carbonyl (C=O) groups is 3. The first-order chi connectivity index (χ1) is 14.6. The fourth-order valence-corrected chi connectivity index (χ4v) is 3.94. The Labute approximate surface area is 187 Å². The van der Waals surface area contributed by atoms with Crippen molar-refractivity contribution in [2.75, 3.05) is 0 Å². The Morgan fingerprint density at radius 3 is 2.42 bits per heavy atom. The third-order valence-electron chi connectivity index (χ3n) is 5.90. The van der Waals surface area contributed by atoms with E-state index in [9.17, 15) is 19.5 Å². The van der Waals surface area contributed by atoms with Crippen LogP contribution in [0.15, 0.2) is 12.2 Å². The Hall–Kier alpha value is -1.69. The zero-order chi connectivity index (χ0) is 23.4. The van der Waals surface area contributed by atoms with Gasteiger partial charge in [-0.05, 0) is 52.5 Å². The third-order valence-corrected chi connectivity index (χ3v) is 5.90. The summed E-state index contributed by atoms with van der Waals surface area (Å²) < 4.78 is 5.72. The van der Waals surface area contributed by atoms with Gasteiger partial charge in [0, 0.05) is 24.7 Å². The summed E-state index contributed by atoms with van der Waals surface area (Å²) >= 11 is 0. The Bertz CT molecular complexity index is 604. The van der Waals surface area contributed by atoms with Crippen molar-refractivity contribution < 1.29 is 29.3 Å². The summed E-state index contributed by atoms with van der Waals surface area (Å²) in [6.07, 6.45) is 10.8. The first kappa shape index (κ1) is 27.3. The molecular weight excluding hydrogens is 396 g/mol. The quantitative estimate of drug-likeness (QED) is 0.223. The molecule has 0 unspecified atom stereocenters. The van der Waals surface area contributed by atoms with Gasteiger partial charge in [-0.1, -0.05) is 45.1 Å². The highest BCUT2D eigenvalue weighted by Crippen LogP contribution is 2.34. The zero-order valence-corrected chi connectivity index (χ0v) is 19.8. The number of rotatable bonds is 14. The molecule has 1 rings (SSSR count). The fraction of sp³-hybridized carbons (Fsp3) is 0.800. The molecule has 4 atom stereocenters. The number of aliphatic hydroxyl groups is 1. The number of hydrogen-bond donors (Lipinski definition) is 2. The molecule has 0 heterocycles. The molecule has 0 aromatic heterocycles. The maximum Gasteiger partial charge on any atom is 0.311 e. The number of unbranched alkanes of at least 4 members (excludes halogenated alkanes) is 5. The van der Waals surface area contributed by atoms with Gasteiger partial charge in [-0.25, -0.2) is 0 Å². The van der Waals surface area contributed by atoms with Crippen LogP contribution in [0.4, 0.5) is 0 Å². The Balaban J connectivity index is 2.70. The molecule has 1 saturated carbocycles. The Morgan fingerprint density at radius 1 is 1.13 bits per heavy atom. The molecule has 1 aliphatic carbocycles. The summed E-state index contributed by atoms with van der Waals surface area (Å²) in [5.41, 5.74) is -0.580. The lowest BCUT2D eigenvalue weighted by atomic mass is 9.88. The van der Waals surface area contributed by atoms with Crippen molar-refractivity contribution in [1.29, 1.82) is 0 Å². The molecule has 31 heavy (non-hydrogen) atoms. The molecule has 0 spiro atoms. The van der Waals surface area contributed by atoms with Gasteiger partial charge in [0.15, 0.2) is 0 Å². The highest BCUT2D eigenvalue weighted by molar-refractivity contribution is 5.84. The van der Waals surface area contributed by atoms with E-state index in [4.69, 9.17) is 9.84 Å². The Kier molecular flexibility index (Phi) is 12.1. The highest BCUT2D eigenvalue weighted by atomic mass is 16.5. The van der Waals surface area contributed by atoms with Crippen LogP contribution in [0.5, 0.6) is 0 Å². The number of esters is 1. The number of ether oxygens (including phenoxy) is 1. The number of ketones is 1. The summed E-state index contributed by atoms with van der Waals surface area (Å²) in [7, 11) is 0. The van der Waals surface area contributed by atoms with E-state index < -0.39 is 17.5 Å². The summed E-state index contributed by atoms with van der Waals surface area (Å²) in [5.74, 6) is -1.42. The van der Waals surface area contributed by atoms with Gasteiger partial charge in [0.1, 0.15) is 11.9 Å². The van der Waals surface area contributed by atoms with E-state index in [1.807, 2.05) is 32.9 Å². The van der Waals surface area contributed by atoms with Crippen LogP contribution in [-0.2, 0) is 19.1 Å². The second kappa shape index (κ2) is 13.7. The third kappa shape index (κ3) is 10.4. The van der Waals surface area contributed by atoms with Crippen molar-refractivity contribution in [2.45, 2.75) is 111 Å². The first-order valence-electron chi connectivity index (χ1n) is 11.9. The van der Waals surface area contributed by atoms with Crippen LogP contribution in [0, 0.1) is 17.3 Å². The molecule has 0 bridgehead atoms. The van der Waals surface area contributed by atoms with E-state index in [0.717, 1.165) is 44.9 Å². The van der Waals surface area contributed by atoms with Gasteiger partial charge in [-0.3, -0.25) is 14.4 Å². The zero-order valence-electron chi connectivity index (χ0n) is 19.8. The van der Waals surface area contributed by atoms with Crippen LogP contribution in [0.1, 0.15) is 98.3 Å². The van der Waals surface area contributed by atoms with E-state index in [2.05, 4.69) is 6.92 Å². The maximum atomic E-state index is 12.4. The number of Topliss-reactive ketones (excluding diaryl/α,β-unsaturated/α-hetero) is 1. The molecule has 1 aliphatic rings. The van der Waals surface area contributed by atoms with Gasteiger partial charge in [-0.15, -0.1) is 0 Å². The SMILES string of the molecule is CCCCC[C@@H](/C=C/[C@H]1[C@H](O)CC(=O)[C@@H]1CCCCCCC(=O)O)OC(=O)C(C)(C)C. The van der Waals surface area contributed by atoms with Gasteiger partial charge < -0.3 is 14.9 Å². The lowest BCUT2D eigenvalue weighted by Gasteiger charge is -2.23. The summed E-state index contributed by atoms with van der Waals surface area (Å²) in [5, 5.41) is 19.1. The van der Waals surface area contributed by atoms with Crippen molar-refractivity contribution in [1.82, 2.24) is 0 Å². The monoisotopic (exact) mass is 438 g/mol. The summed E-state index contributed by atoms with van der Waals surface area (Å²) in [4.78, 5) is 35.4. The predicted molar refractivity (Wildman–Crippen MR) is 121 cm³/mol. The van der Waals surface area contributed by atoms with Crippen LogP contribution < -0.4 is 0 Å². The molecule has 0 saturated heterocycles. The van der Waals surface area contributed by atoms with Crippen LogP contribution in [0.2, 0.25) is 0 Å². The molecule has 1 fully saturated rings. The van der Waals surface area contributed by atoms with Crippen molar-refractivity contribution >= 4 is 17.7 Å². The predicted octanol–water partition coefficient (Wildman–Crippen LogP) is 5.07. The number of carbonyl (C=O) groups excluding carboxylic acids is 2. The molecule has 6 heteroatoms. The number of carboxylic acids is 1. The molecule has 178 valence electrons. The molecule has 2 N–H and O–H groups in total. The largest absolute Gasteiger partial charge is 0.481 e. The fourth-order valence-electron chi connectivity index (χ4n) is 3.94. The molecule has 0 aliphatic heterocycles. The lowest BCUT2D eigenvalue weighted by Crippen LogP contribution is -2.28. The average Bonchev–Trinajstić information content (AvgIpc) is 2.94. The van der Waals surface area contributed by atoms with E-state index in [1.54, 1.807) is 0 Å². The van der Waals surface area contributed by atoms with Crippen molar-refractivity contribution in [3.8, 4) is 0 Å². The van der Waals surface area contributed by atoms with E-state index in [0.29, 0.717) is 12.8 Å². The van der Waals surface area contributed by atoms with E-state index in [1.165, 1.54) is 0 Å². The second-order valence-corrected chi connectivity index (χ2v) is 9.84. The minimum absolute atomic E-state index is 0.0851. The van der Waals surface area contributed by atoms with Crippen LogP contribution in [0.3, 0.4) is 0 Å². The van der Waals surface area contributed by atoms with E-state index >= 15 is 0 Å². The molecule has 6 nitrogen and oxygen atoms in total. The first-order valence-corrected chi connectivity index (χ1v) is 11.9. The number of aliphatic carboxylic acids is 1. The normalized spacial score (nSPS) is 22.7. The minimum atomic E-state index is -0.778. The lowest BCUT2D eigenvalue weighted by molar-refractivity contribution is -0.156. The van der Waals surface area contributed by atoms with Gasteiger partial charge in [0.2, 0.25) is 0 Å². The molecular formula is C25H42O6. The van der Waals surface area contributed by atoms with Crippen molar-refractivity contribution in [3.63, 3.8) is 0 Å². The minimum Gasteiger partial charge on any atom is -0.481 e. The van der Waals surface area contributed by atoms with Gasteiger partial charge in [-0.2, -0.15) is 0 Å². The van der Waals surface area contributed by atoms with Gasteiger partial charge >= 0.3 is 11.9 Å². The van der Waals surface area contributed by atoms with Crippen LogP contribution >= 0.6 is 0 Å². The second-order valence-electron chi connectivity index (χ2n) is 9.84. The van der Waals surface area contributed by atoms with Gasteiger partial charge in [0.05, 0.1) is 11.5 Å². The highest BCUT2D eigenvalue weighted by Gasteiger charge is 2.39. The average molecular weight is 439 g/mol. The number of hydrogen-bond acceptors (Lipinski definition) is 5. The maximum absolute atomic E-state index is 12.4. The smallest absolute Gasteiger partial charge is 0.311 e. The van der Waals surface area contributed by atoms with Crippen LogP contribution in [-0.4, -0.2) is 40.1 Å². The summed E-state index contributed by atoms with van der Waals surface area (Å²) in [6, 6.07) is 0. The van der Waals surface area contributed by atoms with Crippen LogP contribution in [0.25, 0.3) is 0 Å². The van der Waals surface area contributed by atoms with Crippen molar-refractivity contribution in [2.24, 2.45) is 17.3 Å². The molecule has 0 radical (unpaired) electrons. The molecule has 0 aromatic carbocycles. The number of aliphatic hydroxyl groups excluding tert-OH is 1. The van der Waals surface area contributed by atoms with Crippen molar-refractivity contribution in [3.05, 3.63) is 12.2 Å².